The number of carbonyl (C=O) groups excluding carboxylic acids is 1. The fraction of sp³-hybridized carbons (Fsp3) is 0.933. The molecule has 2 aliphatic rings. The summed E-state index contributed by atoms with van der Waals surface area (Å²) in [7, 11) is 0. The van der Waals surface area contributed by atoms with Gasteiger partial charge in [-0.25, -0.2) is 0 Å². The van der Waals surface area contributed by atoms with Crippen LogP contribution in [0, 0.1) is 11.8 Å². The molecule has 5 atom stereocenters. The Morgan fingerprint density at radius 2 is 2.11 bits per heavy atom. The second kappa shape index (κ2) is 6.05. The largest absolute Gasteiger partial charge is 0.353 e. The predicted molar refractivity (Wildman–Crippen MR) is 74.3 cm³/mol. The molecule has 0 spiro atoms. The maximum Gasteiger partial charge on any atom is 0.223 e. The molecule has 3 nitrogen and oxygen atoms in total. The Labute approximate surface area is 111 Å². The summed E-state index contributed by atoms with van der Waals surface area (Å²) in [6.07, 6.45) is 7.11. The lowest BCUT2D eigenvalue weighted by molar-refractivity contribution is -0.130. The SMILES string of the molecule is CC[C@@H](C)NC(=O)[C@H]1C[C@@H](C)N[C@@H]2CCCC[C@@H]12. The highest BCUT2D eigenvalue weighted by Crippen LogP contribution is 2.36. The van der Waals surface area contributed by atoms with Crippen molar-refractivity contribution in [2.75, 3.05) is 0 Å². The van der Waals surface area contributed by atoms with Gasteiger partial charge in [-0.15, -0.1) is 0 Å². The number of carbonyl (C=O) groups is 1. The number of piperidine rings is 1. The molecule has 3 heteroatoms. The van der Waals surface area contributed by atoms with Gasteiger partial charge in [0.15, 0.2) is 0 Å². The van der Waals surface area contributed by atoms with E-state index in [4.69, 9.17) is 0 Å². The molecule has 104 valence electrons. The normalized spacial score (nSPS) is 37.7. The van der Waals surface area contributed by atoms with Gasteiger partial charge in [-0.1, -0.05) is 19.8 Å². The van der Waals surface area contributed by atoms with Crippen LogP contribution in [0.15, 0.2) is 0 Å². The quantitative estimate of drug-likeness (QED) is 0.810. The van der Waals surface area contributed by atoms with Crippen LogP contribution in [0.25, 0.3) is 0 Å². The van der Waals surface area contributed by atoms with Gasteiger partial charge < -0.3 is 10.6 Å². The van der Waals surface area contributed by atoms with E-state index in [0.717, 1.165) is 12.8 Å². The lowest BCUT2D eigenvalue weighted by atomic mass is 9.71. The smallest absolute Gasteiger partial charge is 0.223 e. The van der Waals surface area contributed by atoms with Crippen LogP contribution in [0.5, 0.6) is 0 Å². The molecule has 1 amide bonds. The maximum atomic E-state index is 12.4. The number of hydrogen-bond donors (Lipinski definition) is 2. The minimum Gasteiger partial charge on any atom is -0.353 e. The average molecular weight is 252 g/mol. The third-order valence-corrected chi connectivity index (χ3v) is 4.78. The van der Waals surface area contributed by atoms with Crippen molar-refractivity contribution >= 4 is 5.91 Å². The Morgan fingerprint density at radius 1 is 1.39 bits per heavy atom. The van der Waals surface area contributed by atoms with E-state index in [-0.39, 0.29) is 5.92 Å². The van der Waals surface area contributed by atoms with E-state index in [9.17, 15) is 4.79 Å². The molecule has 18 heavy (non-hydrogen) atoms. The Morgan fingerprint density at radius 3 is 2.83 bits per heavy atom. The van der Waals surface area contributed by atoms with Gasteiger partial charge in [-0.3, -0.25) is 4.79 Å². The Kier molecular flexibility index (Phi) is 4.66. The summed E-state index contributed by atoms with van der Waals surface area (Å²) in [5.74, 6) is 1.11. The van der Waals surface area contributed by atoms with Crippen LogP contribution < -0.4 is 10.6 Å². The molecule has 0 unspecified atom stereocenters. The summed E-state index contributed by atoms with van der Waals surface area (Å²) in [6, 6.07) is 1.37. The summed E-state index contributed by atoms with van der Waals surface area (Å²) in [6.45, 7) is 6.44. The van der Waals surface area contributed by atoms with Crippen molar-refractivity contribution in [3.05, 3.63) is 0 Å². The first-order chi connectivity index (χ1) is 8.61. The Balaban J connectivity index is 2.01. The Bertz CT molecular complexity index is 292. The number of nitrogens with one attached hydrogen (secondary N) is 2. The highest BCUT2D eigenvalue weighted by atomic mass is 16.2. The summed E-state index contributed by atoms with van der Waals surface area (Å²) < 4.78 is 0. The standard InChI is InChI=1S/C15H28N2O/c1-4-10(2)17-15(18)13-9-11(3)16-14-8-6-5-7-12(13)14/h10-14,16H,4-9H2,1-3H3,(H,17,18)/t10-,11-,12+,13+,14-/m1/s1. The van der Waals surface area contributed by atoms with Gasteiger partial charge in [-0.05, 0) is 45.4 Å². The predicted octanol–water partition coefficient (Wildman–Crippen LogP) is 2.46. The van der Waals surface area contributed by atoms with Crippen molar-refractivity contribution < 1.29 is 4.79 Å². The lowest BCUT2D eigenvalue weighted by Gasteiger charge is -2.44. The van der Waals surface area contributed by atoms with Crippen LogP contribution in [0.2, 0.25) is 0 Å². The van der Waals surface area contributed by atoms with Crippen LogP contribution in [0.3, 0.4) is 0 Å². The van der Waals surface area contributed by atoms with Gasteiger partial charge in [0.2, 0.25) is 5.91 Å². The van der Waals surface area contributed by atoms with Gasteiger partial charge in [0.25, 0.3) is 0 Å². The summed E-state index contributed by atoms with van der Waals surface area (Å²) in [4.78, 5) is 12.4. The molecule has 0 bridgehead atoms. The first kappa shape index (κ1) is 13.9. The van der Waals surface area contributed by atoms with Crippen molar-refractivity contribution in [2.45, 2.75) is 77.4 Å². The number of rotatable bonds is 3. The molecule has 1 heterocycles. The summed E-state index contributed by atoms with van der Waals surface area (Å²) in [5.41, 5.74) is 0. The molecule has 1 aliphatic carbocycles. The molecule has 0 aromatic carbocycles. The van der Waals surface area contributed by atoms with Gasteiger partial charge in [-0.2, -0.15) is 0 Å². The zero-order valence-corrected chi connectivity index (χ0v) is 12.0. The first-order valence-electron chi connectivity index (χ1n) is 7.68. The average Bonchev–Trinajstić information content (AvgIpc) is 2.37. The van der Waals surface area contributed by atoms with E-state index < -0.39 is 0 Å². The van der Waals surface area contributed by atoms with Gasteiger partial charge in [0.05, 0.1) is 0 Å². The highest BCUT2D eigenvalue weighted by molar-refractivity contribution is 5.79. The third-order valence-electron chi connectivity index (χ3n) is 4.78. The van der Waals surface area contributed by atoms with Crippen LogP contribution >= 0.6 is 0 Å². The summed E-state index contributed by atoms with van der Waals surface area (Å²) >= 11 is 0. The third kappa shape index (κ3) is 3.05. The van der Waals surface area contributed by atoms with E-state index in [1.807, 2.05) is 0 Å². The number of hydrogen-bond acceptors (Lipinski definition) is 2. The fourth-order valence-corrected chi connectivity index (χ4v) is 3.59. The monoisotopic (exact) mass is 252 g/mol. The Hall–Kier alpha value is -0.570. The molecule has 2 fully saturated rings. The van der Waals surface area contributed by atoms with Gasteiger partial charge >= 0.3 is 0 Å². The van der Waals surface area contributed by atoms with E-state index >= 15 is 0 Å². The molecule has 0 radical (unpaired) electrons. The molecular formula is C15H28N2O. The van der Waals surface area contributed by atoms with E-state index in [1.54, 1.807) is 0 Å². The highest BCUT2D eigenvalue weighted by Gasteiger charge is 2.40. The second-order valence-electron chi connectivity index (χ2n) is 6.28. The summed E-state index contributed by atoms with van der Waals surface area (Å²) in [5, 5.41) is 6.88. The zero-order chi connectivity index (χ0) is 13.1. The molecule has 1 saturated carbocycles. The topological polar surface area (TPSA) is 41.1 Å². The van der Waals surface area contributed by atoms with Crippen molar-refractivity contribution in [1.29, 1.82) is 0 Å². The maximum absolute atomic E-state index is 12.4. The fourth-order valence-electron chi connectivity index (χ4n) is 3.59. The van der Waals surface area contributed by atoms with Crippen molar-refractivity contribution in [1.82, 2.24) is 10.6 Å². The minimum atomic E-state index is 0.237. The first-order valence-corrected chi connectivity index (χ1v) is 7.68. The zero-order valence-electron chi connectivity index (χ0n) is 12.0. The minimum absolute atomic E-state index is 0.237. The molecular weight excluding hydrogens is 224 g/mol. The van der Waals surface area contributed by atoms with E-state index in [2.05, 4.69) is 31.4 Å². The molecule has 0 aromatic heterocycles. The molecule has 2 N–H and O–H groups in total. The molecule has 1 aliphatic heterocycles. The van der Waals surface area contributed by atoms with Crippen molar-refractivity contribution in [3.8, 4) is 0 Å². The van der Waals surface area contributed by atoms with Gasteiger partial charge in [0.1, 0.15) is 0 Å². The molecule has 2 rings (SSSR count). The van der Waals surface area contributed by atoms with Crippen molar-refractivity contribution in [3.63, 3.8) is 0 Å². The lowest BCUT2D eigenvalue weighted by Crippen LogP contribution is -2.55. The van der Waals surface area contributed by atoms with E-state index in [0.29, 0.717) is 30.0 Å². The van der Waals surface area contributed by atoms with Crippen LogP contribution in [-0.2, 0) is 4.79 Å². The van der Waals surface area contributed by atoms with Crippen LogP contribution in [0.4, 0.5) is 0 Å². The van der Waals surface area contributed by atoms with Crippen LogP contribution in [0.1, 0.15) is 59.3 Å². The van der Waals surface area contributed by atoms with Gasteiger partial charge in [0, 0.05) is 24.0 Å². The van der Waals surface area contributed by atoms with E-state index in [1.165, 1.54) is 25.7 Å². The van der Waals surface area contributed by atoms with Crippen molar-refractivity contribution in [2.24, 2.45) is 11.8 Å². The molecule has 1 saturated heterocycles. The van der Waals surface area contributed by atoms with Crippen LogP contribution in [-0.4, -0.2) is 24.0 Å². The molecule has 0 aromatic rings. The number of amides is 1. The number of fused-ring (bicyclic) bond motifs is 1. The second-order valence-corrected chi connectivity index (χ2v) is 6.28.